The van der Waals surface area contributed by atoms with Crippen molar-refractivity contribution in [3.8, 4) is 0 Å². The summed E-state index contributed by atoms with van der Waals surface area (Å²) in [4.78, 5) is 49.1. The van der Waals surface area contributed by atoms with E-state index in [1.807, 2.05) is 24.3 Å². The standard InChI is InChI=1S/C20H25N3O5/c1-13(24)23-10-9-14-7-5-6-8-15(14)16(23)11-18(26)28-12-17(25)21-19(27)22-20(2,3)4/h5-10,16H,11-12H2,1-4H3,(H2,21,22,25,27)/t16-/m0/s1. The predicted octanol–water partition coefficient (Wildman–Crippen LogP) is 2.12. The Kier molecular flexibility index (Phi) is 6.56. The number of benzene rings is 1. The Morgan fingerprint density at radius 3 is 2.46 bits per heavy atom. The summed E-state index contributed by atoms with van der Waals surface area (Å²) in [5.74, 6) is -1.59. The number of esters is 1. The Balaban J connectivity index is 1.94. The molecule has 8 nitrogen and oxygen atoms in total. The number of nitrogens with zero attached hydrogens (tertiary/aromatic N) is 1. The molecule has 2 N–H and O–H groups in total. The molecular weight excluding hydrogens is 362 g/mol. The van der Waals surface area contributed by atoms with Gasteiger partial charge in [-0.1, -0.05) is 24.3 Å². The van der Waals surface area contributed by atoms with E-state index in [1.165, 1.54) is 11.8 Å². The zero-order chi connectivity index (χ0) is 20.9. The Bertz CT molecular complexity index is 810. The van der Waals surface area contributed by atoms with Crippen molar-refractivity contribution in [2.45, 2.75) is 45.7 Å². The molecule has 1 atom stereocenters. The second-order valence-electron chi connectivity index (χ2n) is 7.50. The number of carbonyl (C=O) groups excluding carboxylic acids is 4. The minimum atomic E-state index is -0.734. The van der Waals surface area contributed by atoms with Gasteiger partial charge in [-0.05, 0) is 38.0 Å². The first-order valence-corrected chi connectivity index (χ1v) is 8.90. The number of hydrogen-bond donors (Lipinski definition) is 2. The molecule has 150 valence electrons. The molecule has 0 saturated carbocycles. The van der Waals surface area contributed by atoms with Gasteiger partial charge < -0.3 is 15.0 Å². The topological polar surface area (TPSA) is 105 Å². The lowest BCUT2D eigenvalue weighted by Gasteiger charge is -2.32. The van der Waals surface area contributed by atoms with E-state index in [-0.39, 0.29) is 12.3 Å². The summed E-state index contributed by atoms with van der Waals surface area (Å²) in [6.45, 7) is 6.15. The van der Waals surface area contributed by atoms with Crippen molar-refractivity contribution in [2.24, 2.45) is 0 Å². The van der Waals surface area contributed by atoms with Crippen LogP contribution in [0.4, 0.5) is 4.79 Å². The summed E-state index contributed by atoms with van der Waals surface area (Å²) in [6.07, 6.45) is 3.33. The lowest BCUT2D eigenvalue weighted by molar-refractivity contribution is -0.150. The van der Waals surface area contributed by atoms with Crippen molar-refractivity contribution < 1.29 is 23.9 Å². The molecule has 1 aliphatic rings. The molecule has 8 heteroatoms. The van der Waals surface area contributed by atoms with Gasteiger partial charge in [0.15, 0.2) is 6.61 Å². The van der Waals surface area contributed by atoms with Crippen LogP contribution in [0.15, 0.2) is 30.5 Å². The third-order valence-electron chi connectivity index (χ3n) is 3.93. The van der Waals surface area contributed by atoms with E-state index in [0.717, 1.165) is 11.1 Å². The molecule has 0 spiro atoms. The van der Waals surface area contributed by atoms with E-state index in [4.69, 9.17) is 4.74 Å². The fraction of sp³-hybridized carbons (Fsp3) is 0.400. The second-order valence-corrected chi connectivity index (χ2v) is 7.50. The highest BCUT2D eigenvalue weighted by atomic mass is 16.5. The van der Waals surface area contributed by atoms with Crippen LogP contribution in [-0.4, -0.2) is 40.9 Å². The Labute approximate surface area is 163 Å². The molecule has 0 aromatic heterocycles. The minimum absolute atomic E-state index is 0.109. The van der Waals surface area contributed by atoms with Crippen molar-refractivity contribution in [3.05, 3.63) is 41.6 Å². The lowest BCUT2D eigenvalue weighted by atomic mass is 9.94. The van der Waals surface area contributed by atoms with Crippen LogP contribution in [0.1, 0.15) is 51.3 Å². The van der Waals surface area contributed by atoms with Crippen molar-refractivity contribution in [1.82, 2.24) is 15.5 Å². The highest BCUT2D eigenvalue weighted by Gasteiger charge is 2.29. The predicted molar refractivity (Wildman–Crippen MR) is 103 cm³/mol. The van der Waals surface area contributed by atoms with E-state index in [1.54, 1.807) is 33.0 Å². The third kappa shape index (κ3) is 5.94. The quantitative estimate of drug-likeness (QED) is 0.770. The van der Waals surface area contributed by atoms with Crippen LogP contribution in [-0.2, 0) is 19.1 Å². The van der Waals surface area contributed by atoms with E-state index >= 15 is 0 Å². The molecule has 1 aromatic rings. The van der Waals surface area contributed by atoms with E-state index in [9.17, 15) is 19.2 Å². The normalized spacial score (nSPS) is 15.4. The monoisotopic (exact) mass is 387 g/mol. The molecule has 0 saturated heterocycles. The molecule has 1 aliphatic heterocycles. The Morgan fingerprint density at radius 1 is 1.14 bits per heavy atom. The van der Waals surface area contributed by atoms with E-state index in [2.05, 4.69) is 10.6 Å². The van der Waals surface area contributed by atoms with Crippen molar-refractivity contribution in [2.75, 3.05) is 6.61 Å². The van der Waals surface area contributed by atoms with Gasteiger partial charge in [0, 0.05) is 18.7 Å². The molecule has 0 fully saturated rings. The SMILES string of the molecule is CC(=O)N1C=Cc2ccccc2[C@@H]1CC(=O)OCC(=O)NC(=O)NC(C)(C)C. The van der Waals surface area contributed by atoms with E-state index < -0.39 is 36.1 Å². The second kappa shape index (κ2) is 8.69. The smallest absolute Gasteiger partial charge is 0.321 e. The first-order chi connectivity index (χ1) is 13.1. The van der Waals surface area contributed by atoms with Crippen LogP contribution < -0.4 is 10.6 Å². The van der Waals surface area contributed by atoms with Crippen molar-refractivity contribution in [1.29, 1.82) is 0 Å². The van der Waals surface area contributed by atoms with E-state index in [0.29, 0.717) is 0 Å². The molecule has 4 amide bonds. The average Bonchev–Trinajstić information content (AvgIpc) is 2.58. The number of rotatable bonds is 4. The number of nitrogens with one attached hydrogen (secondary N) is 2. The number of amides is 4. The number of imide groups is 1. The molecule has 0 bridgehead atoms. The van der Waals surface area contributed by atoms with Crippen LogP contribution >= 0.6 is 0 Å². The zero-order valence-corrected chi connectivity index (χ0v) is 16.4. The van der Waals surface area contributed by atoms with Crippen molar-refractivity contribution >= 4 is 29.9 Å². The molecule has 1 heterocycles. The summed E-state index contributed by atoms with van der Waals surface area (Å²) >= 11 is 0. The summed E-state index contributed by atoms with van der Waals surface area (Å²) in [6, 6.07) is 6.26. The molecule has 0 aliphatic carbocycles. The number of ether oxygens (including phenoxy) is 1. The van der Waals surface area contributed by atoms with Crippen molar-refractivity contribution in [3.63, 3.8) is 0 Å². The zero-order valence-electron chi connectivity index (χ0n) is 16.4. The maximum Gasteiger partial charge on any atom is 0.321 e. The summed E-state index contributed by atoms with van der Waals surface area (Å²) < 4.78 is 4.99. The van der Waals surface area contributed by atoms with Gasteiger partial charge in [-0.15, -0.1) is 0 Å². The number of urea groups is 1. The fourth-order valence-corrected chi connectivity index (χ4v) is 2.81. The van der Waals surface area contributed by atoms with Gasteiger partial charge >= 0.3 is 12.0 Å². The molecule has 2 rings (SSSR count). The first-order valence-electron chi connectivity index (χ1n) is 8.90. The molecule has 0 radical (unpaired) electrons. The number of carbonyl (C=O) groups is 4. The molecule has 1 aromatic carbocycles. The maximum absolute atomic E-state index is 12.2. The van der Waals surface area contributed by atoms with Crippen LogP contribution in [0, 0.1) is 0 Å². The highest BCUT2D eigenvalue weighted by Crippen LogP contribution is 2.32. The van der Waals surface area contributed by atoms with Gasteiger partial charge in [0.2, 0.25) is 5.91 Å². The Morgan fingerprint density at radius 2 is 1.82 bits per heavy atom. The van der Waals surface area contributed by atoms with Crippen LogP contribution in [0.2, 0.25) is 0 Å². The van der Waals surface area contributed by atoms with Gasteiger partial charge in [0.25, 0.3) is 5.91 Å². The Hall–Kier alpha value is -3.16. The largest absolute Gasteiger partial charge is 0.455 e. The van der Waals surface area contributed by atoms with Crippen LogP contribution in [0.25, 0.3) is 6.08 Å². The summed E-state index contributed by atoms with van der Waals surface area (Å²) in [5, 5.41) is 4.67. The van der Waals surface area contributed by atoms with Gasteiger partial charge in [-0.2, -0.15) is 0 Å². The number of fused-ring (bicyclic) bond motifs is 1. The summed E-state index contributed by atoms with van der Waals surface area (Å²) in [5.41, 5.74) is 1.24. The molecular formula is C20H25N3O5. The first kappa shape index (κ1) is 21.1. The maximum atomic E-state index is 12.2. The number of hydrogen-bond acceptors (Lipinski definition) is 5. The molecule has 0 unspecified atom stereocenters. The fourth-order valence-electron chi connectivity index (χ4n) is 2.81. The van der Waals surface area contributed by atoms with Gasteiger partial charge in [-0.3, -0.25) is 19.7 Å². The highest BCUT2D eigenvalue weighted by molar-refractivity contribution is 5.95. The third-order valence-corrected chi connectivity index (χ3v) is 3.93. The van der Waals surface area contributed by atoms with Gasteiger partial charge in [-0.25, -0.2) is 4.79 Å². The lowest BCUT2D eigenvalue weighted by Crippen LogP contribution is -2.49. The van der Waals surface area contributed by atoms with Crippen LogP contribution in [0.3, 0.4) is 0 Å². The molecule has 28 heavy (non-hydrogen) atoms. The minimum Gasteiger partial charge on any atom is -0.455 e. The van der Waals surface area contributed by atoms with Crippen LogP contribution in [0.5, 0.6) is 0 Å². The average molecular weight is 387 g/mol. The summed E-state index contributed by atoms with van der Waals surface area (Å²) in [7, 11) is 0. The van der Waals surface area contributed by atoms with Gasteiger partial charge in [0.05, 0.1) is 12.5 Å². The van der Waals surface area contributed by atoms with Gasteiger partial charge in [0.1, 0.15) is 0 Å².